The highest BCUT2D eigenvalue weighted by Gasteiger charge is 2.55. The maximum absolute atomic E-state index is 12.6. The topological polar surface area (TPSA) is 42.0 Å². The molecule has 94 valence electrons. The maximum Gasteiger partial charge on any atom is 0.237 e. The molecule has 4 rings (SSSR count). The zero-order valence-electron chi connectivity index (χ0n) is 10.7. The second kappa shape index (κ2) is 3.44. The van der Waals surface area contributed by atoms with Crippen LogP contribution in [0.25, 0.3) is 0 Å². The van der Waals surface area contributed by atoms with Gasteiger partial charge in [-0.1, -0.05) is 37.3 Å². The fourth-order valence-corrected chi connectivity index (χ4v) is 3.65. The lowest BCUT2D eigenvalue weighted by Crippen LogP contribution is -2.37. The number of nitrogens with zero attached hydrogens (tertiary/aromatic N) is 1. The molecular formula is C16H14N2O. The molecule has 1 N–H and O–H groups in total. The maximum atomic E-state index is 12.6. The number of carbonyl (C=O) groups excluding carboxylic acids is 1. The molecule has 0 saturated heterocycles. The Kier molecular flexibility index (Phi) is 1.94. The Morgan fingerprint density at radius 1 is 1.26 bits per heavy atom. The van der Waals surface area contributed by atoms with Crippen LogP contribution in [0.4, 0.5) is 5.82 Å². The van der Waals surface area contributed by atoms with Crippen molar-refractivity contribution in [2.24, 2.45) is 0 Å². The van der Waals surface area contributed by atoms with Gasteiger partial charge in [0.05, 0.1) is 5.41 Å². The van der Waals surface area contributed by atoms with Gasteiger partial charge < -0.3 is 5.32 Å². The molecule has 0 fully saturated rings. The Hall–Kier alpha value is -2.16. The van der Waals surface area contributed by atoms with Gasteiger partial charge in [0.2, 0.25) is 5.91 Å². The monoisotopic (exact) mass is 250 g/mol. The van der Waals surface area contributed by atoms with E-state index in [1.807, 2.05) is 24.3 Å². The summed E-state index contributed by atoms with van der Waals surface area (Å²) in [6.45, 7) is 2.15. The number of aromatic nitrogens is 1. The lowest BCUT2D eigenvalue weighted by molar-refractivity contribution is -0.121. The minimum atomic E-state index is -0.465. The molecule has 3 nitrogen and oxygen atoms in total. The standard InChI is InChI=1S/C16H14N2O/c1-10-12-6-3-2-5-11(12)9-16(10)13-7-4-8-17-14(13)18-15(16)19/h2-8,10H,9H2,1H3,(H,17,18,19). The van der Waals surface area contributed by atoms with Crippen LogP contribution in [-0.2, 0) is 16.6 Å². The summed E-state index contributed by atoms with van der Waals surface area (Å²) in [6.07, 6.45) is 2.50. The average molecular weight is 250 g/mol. The van der Waals surface area contributed by atoms with Crippen molar-refractivity contribution in [2.45, 2.75) is 24.7 Å². The lowest BCUT2D eigenvalue weighted by Gasteiger charge is -2.26. The fourth-order valence-electron chi connectivity index (χ4n) is 3.65. The lowest BCUT2D eigenvalue weighted by atomic mass is 9.73. The molecule has 1 aliphatic heterocycles. The molecule has 1 spiro atoms. The number of rotatable bonds is 0. The number of benzene rings is 1. The Bertz CT molecular complexity index is 695. The van der Waals surface area contributed by atoms with Gasteiger partial charge >= 0.3 is 0 Å². The molecule has 2 heterocycles. The molecule has 0 radical (unpaired) electrons. The Morgan fingerprint density at radius 2 is 2.11 bits per heavy atom. The van der Waals surface area contributed by atoms with E-state index in [-0.39, 0.29) is 11.8 Å². The SMILES string of the molecule is CC1c2ccccc2CC12C(=O)Nc1ncccc12. The van der Waals surface area contributed by atoms with E-state index in [0.717, 1.165) is 17.8 Å². The minimum Gasteiger partial charge on any atom is -0.310 e. The summed E-state index contributed by atoms with van der Waals surface area (Å²) in [7, 11) is 0. The van der Waals surface area contributed by atoms with Gasteiger partial charge in [-0.2, -0.15) is 0 Å². The smallest absolute Gasteiger partial charge is 0.237 e. The molecule has 1 aromatic carbocycles. The van der Waals surface area contributed by atoms with Gasteiger partial charge in [-0.15, -0.1) is 0 Å². The molecule has 3 heteroatoms. The van der Waals surface area contributed by atoms with Gasteiger partial charge in [0.25, 0.3) is 0 Å². The third-order valence-corrected chi connectivity index (χ3v) is 4.66. The van der Waals surface area contributed by atoms with Crippen molar-refractivity contribution in [1.29, 1.82) is 0 Å². The molecule has 19 heavy (non-hydrogen) atoms. The fraction of sp³-hybridized carbons (Fsp3) is 0.250. The van der Waals surface area contributed by atoms with E-state index in [2.05, 4.69) is 29.4 Å². The number of pyridine rings is 1. The van der Waals surface area contributed by atoms with E-state index >= 15 is 0 Å². The Balaban J connectivity index is 1.96. The number of hydrogen-bond donors (Lipinski definition) is 1. The van der Waals surface area contributed by atoms with Crippen LogP contribution in [0.15, 0.2) is 42.6 Å². The number of hydrogen-bond acceptors (Lipinski definition) is 2. The van der Waals surface area contributed by atoms with Crippen LogP contribution in [0.5, 0.6) is 0 Å². The van der Waals surface area contributed by atoms with Crippen molar-refractivity contribution in [3.05, 3.63) is 59.3 Å². The predicted octanol–water partition coefficient (Wildman–Crippen LogP) is 2.63. The van der Waals surface area contributed by atoms with E-state index in [1.54, 1.807) is 6.20 Å². The molecule has 1 aliphatic carbocycles. The summed E-state index contributed by atoms with van der Waals surface area (Å²) < 4.78 is 0. The van der Waals surface area contributed by atoms with E-state index < -0.39 is 5.41 Å². The van der Waals surface area contributed by atoms with Gasteiger partial charge in [-0.3, -0.25) is 4.79 Å². The van der Waals surface area contributed by atoms with Gasteiger partial charge in [0.15, 0.2) is 0 Å². The highest BCUT2D eigenvalue weighted by Crippen LogP contribution is 2.53. The first-order valence-electron chi connectivity index (χ1n) is 6.58. The molecule has 1 aromatic heterocycles. The van der Waals surface area contributed by atoms with Gasteiger partial charge in [0.1, 0.15) is 5.82 Å². The van der Waals surface area contributed by atoms with Crippen molar-refractivity contribution in [3.8, 4) is 0 Å². The van der Waals surface area contributed by atoms with Crippen LogP contribution in [0.1, 0.15) is 29.5 Å². The Morgan fingerprint density at radius 3 is 2.95 bits per heavy atom. The molecule has 2 atom stereocenters. The first kappa shape index (κ1) is 10.7. The van der Waals surface area contributed by atoms with Crippen molar-refractivity contribution < 1.29 is 4.79 Å². The number of fused-ring (bicyclic) bond motifs is 3. The number of anilines is 1. The molecular weight excluding hydrogens is 236 g/mol. The first-order chi connectivity index (χ1) is 9.23. The zero-order chi connectivity index (χ0) is 13.0. The van der Waals surface area contributed by atoms with Crippen LogP contribution in [-0.4, -0.2) is 10.9 Å². The number of nitrogens with one attached hydrogen (secondary N) is 1. The Labute approximate surface area is 111 Å². The molecule has 1 amide bonds. The summed E-state index contributed by atoms with van der Waals surface area (Å²) >= 11 is 0. The van der Waals surface area contributed by atoms with Crippen LogP contribution >= 0.6 is 0 Å². The zero-order valence-corrected chi connectivity index (χ0v) is 10.7. The van der Waals surface area contributed by atoms with Crippen LogP contribution < -0.4 is 5.32 Å². The second-order valence-electron chi connectivity index (χ2n) is 5.42. The summed E-state index contributed by atoms with van der Waals surface area (Å²) in [5, 5.41) is 2.95. The van der Waals surface area contributed by atoms with Gasteiger partial charge in [0, 0.05) is 17.7 Å². The van der Waals surface area contributed by atoms with Crippen LogP contribution in [0.3, 0.4) is 0 Å². The van der Waals surface area contributed by atoms with Gasteiger partial charge in [-0.25, -0.2) is 4.98 Å². The van der Waals surface area contributed by atoms with Crippen molar-refractivity contribution in [2.75, 3.05) is 5.32 Å². The number of amides is 1. The molecule has 2 unspecified atom stereocenters. The second-order valence-corrected chi connectivity index (χ2v) is 5.42. The molecule has 2 aromatic rings. The van der Waals surface area contributed by atoms with Crippen molar-refractivity contribution in [3.63, 3.8) is 0 Å². The quantitative estimate of drug-likeness (QED) is 0.781. The van der Waals surface area contributed by atoms with Crippen LogP contribution in [0, 0.1) is 0 Å². The largest absolute Gasteiger partial charge is 0.310 e. The first-order valence-corrected chi connectivity index (χ1v) is 6.58. The molecule has 0 bridgehead atoms. The van der Waals surface area contributed by atoms with E-state index in [1.165, 1.54) is 11.1 Å². The predicted molar refractivity (Wildman–Crippen MR) is 73.1 cm³/mol. The van der Waals surface area contributed by atoms with Crippen molar-refractivity contribution in [1.82, 2.24) is 4.98 Å². The summed E-state index contributed by atoms with van der Waals surface area (Å²) in [6, 6.07) is 12.3. The highest BCUT2D eigenvalue weighted by atomic mass is 16.2. The molecule has 0 saturated carbocycles. The molecule has 2 aliphatic rings. The highest BCUT2D eigenvalue weighted by molar-refractivity contribution is 6.06. The minimum absolute atomic E-state index is 0.0879. The summed E-state index contributed by atoms with van der Waals surface area (Å²) in [4.78, 5) is 16.9. The van der Waals surface area contributed by atoms with Gasteiger partial charge in [-0.05, 0) is 23.6 Å². The normalized spacial score (nSPS) is 27.2. The van der Waals surface area contributed by atoms with Crippen molar-refractivity contribution >= 4 is 11.7 Å². The average Bonchev–Trinajstić information content (AvgIpc) is 2.89. The number of carbonyl (C=O) groups is 1. The van der Waals surface area contributed by atoms with E-state index in [4.69, 9.17) is 0 Å². The summed E-state index contributed by atoms with van der Waals surface area (Å²) in [5.74, 6) is 1.01. The summed E-state index contributed by atoms with van der Waals surface area (Å²) in [5.41, 5.74) is 3.15. The van der Waals surface area contributed by atoms with Crippen LogP contribution in [0.2, 0.25) is 0 Å². The van der Waals surface area contributed by atoms with E-state index in [9.17, 15) is 4.79 Å². The van der Waals surface area contributed by atoms with E-state index in [0.29, 0.717) is 0 Å². The third-order valence-electron chi connectivity index (χ3n) is 4.66. The third kappa shape index (κ3) is 1.17.